The Labute approximate surface area is 207 Å². The van der Waals surface area contributed by atoms with E-state index in [0.717, 1.165) is 35.5 Å². The first kappa shape index (κ1) is 22.4. The molecule has 0 amide bonds. The molecule has 168 valence electrons. The van der Waals surface area contributed by atoms with Gasteiger partial charge in [0, 0.05) is 29.6 Å². The number of aromatic nitrogens is 2. The summed E-state index contributed by atoms with van der Waals surface area (Å²) in [5.74, 6) is -0.257. The third-order valence-corrected chi connectivity index (χ3v) is 9.20. The Morgan fingerprint density at radius 2 is 1.97 bits per heavy atom. The van der Waals surface area contributed by atoms with E-state index in [-0.39, 0.29) is 11.4 Å². The number of hydrogen-bond donors (Lipinski definition) is 0. The number of benzene rings is 2. The average molecular weight is 517 g/mol. The van der Waals surface area contributed by atoms with E-state index in [1.54, 1.807) is 33.7 Å². The van der Waals surface area contributed by atoms with Crippen LogP contribution in [0.25, 0.3) is 22.4 Å². The summed E-state index contributed by atoms with van der Waals surface area (Å²) in [7, 11) is 3.91. The maximum absolute atomic E-state index is 13.6. The number of thiazole rings is 2. The van der Waals surface area contributed by atoms with Gasteiger partial charge in [0.05, 0.1) is 21.3 Å². The van der Waals surface area contributed by atoms with Crippen LogP contribution in [0, 0.1) is 5.82 Å². The van der Waals surface area contributed by atoms with Crippen LogP contribution in [0.15, 0.2) is 57.2 Å². The smallest absolute Gasteiger partial charge is 0.269 e. The number of hydrogen-bond acceptors (Lipinski definition) is 5. The van der Waals surface area contributed by atoms with E-state index >= 15 is 0 Å². The standard InChI is InChI=1S/C24H20ClFN3OS3/c1-4-29-23(13-22-28(3)16-11-14(25)5-7-18(16)32-22)33-20(24(29)30)9-10-21-27(2)17-12-15(26)6-8-19(17)31-21/h5-13H,4H2,1-3H3/q+1. The van der Waals surface area contributed by atoms with Gasteiger partial charge in [0.1, 0.15) is 22.2 Å². The van der Waals surface area contributed by atoms with Gasteiger partial charge >= 0.3 is 0 Å². The van der Waals surface area contributed by atoms with Gasteiger partial charge in [-0.3, -0.25) is 9.36 Å². The minimum absolute atomic E-state index is 0.00776. The molecular formula is C24H20ClFN3OS3+. The third kappa shape index (κ3) is 4.05. The Hall–Kier alpha value is -2.39. The molecule has 0 aliphatic carbocycles. The van der Waals surface area contributed by atoms with Crippen molar-refractivity contribution in [3.05, 3.63) is 82.9 Å². The van der Waals surface area contributed by atoms with Crippen molar-refractivity contribution < 1.29 is 8.96 Å². The lowest BCUT2D eigenvalue weighted by molar-refractivity contribution is -0.642. The molecule has 0 N–H and O–H groups in total. The maximum atomic E-state index is 13.6. The molecule has 0 bridgehead atoms. The summed E-state index contributed by atoms with van der Waals surface area (Å²) in [6, 6.07) is 10.7. The van der Waals surface area contributed by atoms with E-state index in [0.29, 0.717) is 16.1 Å². The van der Waals surface area contributed by atoms with Gasteiger partial charge in [-0.2, -0.15) is 4.57 Å². The molecule has 3 heterocycles. The fourth-order valence-electron chi connectivity index (χ4n) is 3.76. The summed E-state index contributed by atoms with van der Waals surface area (Å²) in [6.45, 7) is 2.57. The first-order valence-corrected chi connectivity index (χ1v) is 13.1. The van der Waals surface area contributed by atoms with Crippen LogP contribution < -0.4 is 24.2 Å². The van der Waals surface area contributed by atoms with Crippen molar-refractivity contribution in [3.8, 4) is 0 Å². The molecule has 4 nitrogen and oxygen atoms in total. The van der Waals surface area contributed by atoms with Gasteiger partial charge < -0.3 is 4.90 Å². The van der Waals surface area contributed by atoms with Crippen molar-refractivity contribution >= 4 is 74.1 Å². The van der Waals surface area contributed by atoms with Gasteiger partial charge in [-0.15, -0.1) is 11.3 Å². The van der Waals surface area contributed by atoms with E-state index < -0.39 is 0 Å². The second-order valence-electron chi connectivity index (χ2n) is 7.55. The fourth-order valence-corrected chi connectivity index (χ4v) is 7.15. The molecule has 5 rings (SSSR count). The Kier molecular flexibility index (Phi) is 5.95. The van der Waals surface area contributed by atoms with Gasteiger partial charge in [0.15, 0.2) is 0 Å². The van der Waals surface area contributed by atoms with Crippen molar-refractivity contribution in [3.63, 3.8) is 0 Å². The Bertz CT molecular complexity index is 1620. The quantitative estimate of drug-likeness (QED) is 0.377. The lowest BCUT2D eigenvalue weighted by Gasteiger charge is -2.12. The molecule has 0 atom stereocenters. The van der Waals surface area contributed by atoms with E-state index in [1.165, 1.54) is 23.5 Å². The van der Waals surface area contributed by atoms with Crippen LogP contribution in [0.3, 0.4) is 0 Å². The Morgan fingerprint density at radius 1 is 1.15 bits per heavy atom. The van der Waals surface area contributed by atoms with Crippen molar-refractivity contribution in [1.29, 1.82) is 0 Å². The first-order valence-electron chi connectivity index (χ1n) is 10.3. The SMILES string of the molecule is CCn1c(=Cc2sc3ccc(Cl)cc3[n+]2C)sc(=CC=C2Sc3ccc(F)cc3N2C)c1=O. The minimum atomic E-state index is -0.257. The lowest BCUT2D eigenvalue weighted by atomic mass is 10.3. The maximum Gasteiger partial charge on any atom is 0.269 e. The third-order valence-electron chi connectivity index (χ3n) is 5.53. The highest BCUT2D eigenvalue weighted by atomic mass is 35.5. The molecule has 0 saturated heterocycles. The molecule has 0 radical (unpaired) electrons. The number of aryl methyl sites for hydroxylation is 1. The Balaban J connectivity index is 1.58. The van der Waals surface area contributed by atoms with Gasteiger partial charge in [0.25, 0.3) is 10.6 Å². The first-order chi connectivity index (χ1) is 15.9. The van der Waals surface area contributed by atoms with E-state index in [1.807, 2.05) is 56.3 Å². The zero-order valence-corrected chi connectivity index (χ0v) is 21.3. The fraction of sp³-hybridized carbons (Fsp3) is 0.167. The van der Waals surface area contributed by atoms with Crippen LogP contribution in [0.2, 0.25) is 5.02 Å². The zero-order chi connectivity index (χ0) is 23.3. The monoisotopic (exact) mass is 516 g/mol. The summed E-state index contributed by atoms with van der Waals surface area (Å²) in [5.41, 5.74) is 1.89. The second kappa shape index (κ2) is 8.76. The molecule has 1 aliphatic rings. The van der Waals surface area contributed by atoms with Crippen molar-refractivity contribution in [2.45, 2.75) is 18.4 Å². The molecule has 2 aromatic carbocycles. The molecule has 1 aliphatic heterocycles. The van der Waals surface area contributed by atoms with Crippen LogP contribution in [0.5, 0.6) is 0 Å². The Morgan fingerprint density at radius 3 is 2.76 bits per heavy atom. The number of thioether (sulfide) groups is 1. The van der Waals surface area contributed by atoms with Gasteiger partial charge in [0.2, 0.25) is 5.52 Å². The van der Waals surface area contributed by atoms with Crippen LogP contribution in [0.1, 0.15) is 11.9 Å². The van der Waals surface area contributed by atoms with Gasteiger partial charge in [-0.25, -0.2) is 4.39 Å². The second-order valence-corrected chi connectivity index (χ2v) is 11.2. The van der Waals surface area contributed by atoms with Crippen molar-refractivity contribution in [2.24, 2.45) is 7.05 Å². The van der Waals surface area contributed by atoms with E-state index in [2.05, 4.69) is 10.6 Å². The molecule has 4 aromatic rings. The predicted octanol–water partition coefficient (Wildman–Crippen LogP) is 4.45. The van der Waals surface area contributed by atoms with Gasteiger partial charge in [-0.05, 0) is 49.4 Å². The van der Waals surface area contributed by atoms with Gasteiger partial charge in [-0.1, -0.05) is 34.7 Å². The van der Waals surface area contributed by atoms with Crippen LogP contribution >= 0.6 is 46.0 Å². The highest BCUT2D eigenvalue weighted by molar-refractivity contribution is 8.03. The summed E-state index contributed by atoms with van der Waals surface area (Å²) in [6.07, 6.45) is 5.86. The van der Waals surface area contributed by atoms with Crippen LogP contribution in [0.4, 0.5) is 10.1 Å². The predicted molar refractivity (Wildman–Crippen MR) is 138 cm³/mol. The molecule has 33 heavy (non-hydrogen) atoms. The number of nitrogens with zero attached hydrogens (tertiary/aromatic N) is 3. The summed E-state index contributed by atoms with van der Waals surface area (Å²) < 4.78 is 20.2. The average Bonchev–Trinajstić information content (AvgIpc) is 3.38. The number of halogens is 2. The number of rotatable bonds is 3. The minimum Gasteiger partial charge on any atom is -0.338 e. The van der Waals surface area contributed by atoms with Crippen molar-refractivity contribution in [1.82, 2.24) is 4.57 Å². The molecule has 0 fully saturated rings. The molecular weight excluding hydrogens is 497 g/mol. The highest BCUT2D eigenvalue weighted by Gasteiger charge is 2.22. The summed E-state index contributed by atoms with van der Waals surface area (Å²) in [4.78, 5) is 16.0. The van der Waals surface area contributed by atoms with Crippen LogP contribution in [-0.4, -0.2) is 11.6 Å². The van der Waals surface area contributed by atoms with Crippen molar-refractivity contribution in [2.75, 3.05) is 11.9 Å². The van der Waals surface area contributed by atoms with E-state index in [4.69, 9.17) is 11.6 Å². The summed E-state index contributed by atoms with van der Waals surface area (Å²) >= 11 is 10.9. The lowest BCUT2D eigenvalue weighted by Crippen LogP contribution is -2.32. The normalized spacial score (nSPS) is 15.9. The zero-order valence-electron chi connectivity index (χ0n) is 18.1. The molecule has 0 unspecified atom stereocenters. The highest BCUT2D eigenvalue weighted by Crippen LogP contribution is 2.45. The summed E-state index contributed by atoms with van der Waals surface area (Å²) in [5, 5.41) is 2.70. The molecule has 9 heteroatoms. The molecule has 0 saturated carbocycles. The van der Waals surface area contributed by atoms with Crippen LogP contribution in [-0.2, 0) is 13.6 Å². The number of anilines is 1. The van der Waals surface area contributed by atoms with E-state index in [9.17, 15) is 9.18 Å². The topological polar surface area (TPSA) is 29.1 Å². The number of allylic oxidation sites excluding steroid dienone is 1. The molecule has 0 spiro atoms. The largest absolute Gasteiger partial charge is 0.338 e. The number of fused-ring (bicyclic) bond motifs is 2. The molecule has 2 aromatic heterocycles.